The Morgan fingerprint density at radius 1 is 1.10 bits per heavy atom. The van der Waals surface area contributed by atoms with E-state index in [2.05, 4.69) is 11.4 Å². The summed E-state index contributed by atoms with van der Waals surface area (Å²) in [5.74, 6) is -0.209. The van der Waals surface area contributed by atoms with Gasteiger partial charge in [0.05, 0.1) is 0 Å². The van der Waals surface area contributed by atoms with Crippen molar-refractivity contribution in [1.82, 2.24) is 5.32 Å². The second-order valence-electron chi connectivity index (χ2n) is 5.18. The fourth-order valence-corrected chi connectivity index (χ4v) is 2.25. The molecule has 0 bridgehead atoms. The number of carbonyl (C=O) groups is 1. The van der Waals surface area contributed by atoms with Gasteiger partial charge in [-0.2, -0.15) is 0 Å². The van der Waals surface area contributed by atoms with Gasteiger partial charge in [0.1, 0.15) is 5.82 Å². The van der Waals surface area contributed by atoms with Gasteiger partial charge in [-0.3, -0.25) is 4.79 Å². The van der Waals surface area contributed by atoms with Crippen molar-refractivity contribution in [2.45, 2.75) is 26.2 Å². The molecule has 2 nitrogen and oxygen atoms in total. The summed E-state index contributed by atoms with van der Waals surface area (Å²) in [6.45, 7) is 2.51. The Kier molecular flexibility index (Phi) is 5.50. The van der Waals surface area contributed by atoms with Crippen molar-refractivity contribution in [3.8, 4) is 0 Å². The van der Waals surface area contributed by atoms with Gasteiger partial charge < -0.3 is 5.32 Å². The minimum Gasteiger partial charge on any atom is -0.356 e. The zero-order valence-electron chi connectivity index (χ0n) is 12.2. The van der Waals surface area contributed by atoms with Crippen LogP contribution in [0.25, 0.3) is 0 Å². The Bertz CT molecular complexity index is 610. The molecule has 0 aliphatic carbocycles. The molecule has 0 radical (unpaired) electrons. The van der Waals surface area contributed by atoms with E-state index in [1.54, 1.807) is 18.2 Å². The molecule has 0 saturated heterocycles. The predicted molar refractivity (Wildman–Crippen MR) is 82.6 cm³/mol. The first-order valence-corrected chi connectivity index (χ1v) is 7.21. The van der Waals surface area contributed by atoms with E-state index in [-0.39, 0.29) is 11.7 Å². The van der Waals surface area contributed by atoms with Gasteiger partial charge in [-0.05, 0) is 37.0 Å². The van der Waals surface area contributed by atoms with Crippen LogP contribution in [0.3, 0.4) is 0 Å². The van der Waals surface area contributed by atoms with Crippen molar-refractivity contribution in [2.75, 3.05) is 6.54 Å². The number of carbonyl (C=O) groups excluding carboxylic acids is 1. The molecule has 0 aliphatic heterocycles. The van der Waals surface area contributed by atoms with Crippen LogP contribution in [0.5, 0.6) is 0 Å². The summed E-state index contributed by atoms with van der Waals surface area (Å²) in [4.78, 5) is 11.8. The van der Waals surface area contributed by atoms with E-state index >= 15 is 0 Å². The van der Waals surface area contributed by atoms with Crippen LogP contribution in [-0.2, 0) is 17.6 Å². The molecule has 1 amide bonds. The highest BCUT2D eigenvalue weighted by Crippen LogP contribution is 2.07. The van der Waals surface area contributed by atoms with Crippen molar-refractivity contribution < 1.29 is 9.18 Å². The average molecular weight is 285 g/mol. The lowest BCUT2D eigenvalue weighted by atomic mass is 10.1. The number of halogens is 1. The Balaban J connectivity index is 1.72. The third-order valence-corrected chi connectivity index (χ3v) is 3.40. The number of hydrogen-bond donors (Lipinski definition) is 1. The first kappa shape index (κ1) is 15.2. The molecule has 0 unspecified atom stereocenters. The minimum absolute atomic E-state index is 0.00726. The molecule has 0 spiro atoms. The summed E-state index contributed by atoms with van der Waals surface area (Å²) in [7, 11) is 0. The number of rotatable bonds is 6. The van der Waals surface area contributed by atoms with E-state index in [1.165, 1.54) is 17.2 Å². The van der Waals surface area contributed by atoms with Crippen LogP contribution in [0, 0.1) is 12.7 Å². The Morgan fingerprint density at radius 3 is 2.67 bits per heavy atom. The second-order valence-corrected chi connectivity index (χ2v) is 5.18. The van der Waals surface area contributed by atoms with E-state index in [4.69, 9.17) is 0 Å². The standard InChI is InChI=1S/C18H20FNO/c1-14-5-4-6-15(13-14)9-10-18(21)20-12-11-16-7-2-3-8-17(16)19/h2-8,13H,9-12H2,1H3,(H,20,21). The van der Waals surface area contributed by atoms with Gasteiger partial charge in [0.25, 0.3) is 0 Å². The summed E-state index contributed by atoms with van der Waals surface area (Å²) >= 11 is 0. The Hall–Kier alpha value is -2.16. The van der Waals surface area contributed by atoms with Gasteiger partial charge in [-0.25, -0.2) is 4.39 Å². The second kappa shape index (κ2) is 7.58. The summed E-state index contributed by atoms with van der Waals surface area (Å²) in [6, 6.07) is 14.8. The van der Waals surface area contributed by atoms with Gasteiger partial charge >= 0.3 is 0 Å². The predicted octanol–water partition coefficient (Wildman–Crippen LogP) is 3.43. The topological polar surface area (TPSA) is 29.1 Å². The van der Waals surface area contributed by atoms with Crippen LogP contribution in [0.15, 0.2) is 48.5 Å². The molecule has 2 rings (SSSR count). The van der Waals surface area contributed by atoms with E-state index in [0.717, 1.165) is 6.42 Å². The summed E-state index contributed by atoms with van der Waals surface area (Å²) in [5.41, 5.74) is 3.00. The molecule has 0 fully saturated rings. The number of benzene rings is 2. The monoisotopic (exact) mass is 285 g/mol. The number of nitrogens with one attached hydrogen (secondary N) is 1. The Labute approximate surface area is 125 Å². The van der Waals surface area contributed by atoms with Crippen LogP contribution in [-0.4, -0.2) is 12.5 Å². The average Bonchev–Trinajstić information content (AvgIpc) is 2.47. The molecule has 110 valence electrons. The SMILES string of the molecule is Cc1cccc(CCC(=O)NCCc2ccccc2F)c1. The summed E-state index contributed by atoms with van der Waals surface area (Å²) in [5, 5.41) is 2.84. The molecule has 21 heavy (non-hydrogen) atoms. The van der Waals surface area contributed by atoms with Gasteiger partial charge in [0, 0.05) is 13.0 Å². The molecule has 2 aromatic rings. The van der Waals surface area contributed by atoms with Crippen LogP contribution < -0.4 is 5.32 Å². The van der Waals surface area contributed by atoms with E-state index in [0.29, 0.717) is 24.9 Å². The van der Waals surface area contributed by atoms with Crippen molar-refractivity contribution in [3.63, 3.8) is 0 Å². The summed E-state index contributed by atoms with van der Waals surface area (Å²) < 4.78 is 13.4. The van der Waals surface area contributed by atoms with Gasteiger partial charge in [0.15, 0.2) is 0 Å². The first-order valence-electron chi connectivity index (χ1n) is 7.21. The highest BCUT2D eigenvalue weighted by atomic mass is 19.1. The zero-order chi connectivity index (χ0) is 15.1. The quantitative estimate of drug-likeness (QED) is 0.865. The van der Waals surface area contributed by atoms with Crippen LogP contribution in [0.2, 0.25) is 0 Å². The third-order valence-electron chi connectivity index (χ3n) is 3.40. The number of hydrogen-bond acceptors (Lipinski definition) is 1. The van der Waals surface area contributed by atoms with Gasteiger partial charge in [-0.1, -0.05) is 48.0 Å². The lowest BCUT2D eigenvalue weighted by molar-refractivity contribution is -0.121. The van der Waals surface area contributed by atoms with Crippen molar-refractivity contribution >= 4 is 5.91 Å². The van der Waals surface area contributed by atoms with Crippen molar-refractivity contribution in [3.05, 3.63) is 71.0 Å². The van der Waals surface area contributed by atoms with E-state index < -0.39 is 0 Å². The van der Waals surface area contributed by atoms with Gasteiger partial charge in [-0.15, -0.1) is 0 Å². The molecular weight excluding hydrogens is 265 g/mol. The number of aryl methyl sites for hydroxylation is 2. The van der Waals surface area contributed by atoms with Crippen LogP contribution in [0.1, 0.15) is 23.1 Å². The third kappa shape index (κ3) is 5.03. The maximum Gasteiger partial charge on any atom is 0.220 e. The molecule has 0 heterocycles. The van der Waals surface area contributed by atoms with Crippen LogP contribution >= 0.6 is 0 Å². The Morgan fingerprint density at radius 2 is 1.90 bits per heavy atom. The molecule has 0 aromatic heterocycles. The fourth-order valence-electron chi connectivity index (χ4n) is 2.25. The lowest BCUT2D eigenvalue weighted by Crippen LogP contribution is -2.26. The zero-order valence-corrected chi connectivity index (χ0v) is 12.2. The molecular formula is C18H20FNO. The van der Waals surface area contributed by atoms with E-state index in [1.807, 2.05) is 25.1 Å². The van der Waals surface area contributed by atoms with Crippen molar-refractivity contribution in [1.29, 1.82) is 0 Å². The van der Waals surface area contributed by atoms with Gasteiger partial charge in [0.2, 0.25) is 5.91 Å². The smallest absolute Gasteiger partial charge is 0.220 e. The molecule has 0 saturated carbocycles. The highest BCUT2D eigenvalue weighted by molar-refractivity contribution is 5.76. The minimum atomic E-state index is -0.216. The maximum absolute atomic E-state index is 13.4. The highest BCUT2D eigenvalue weighted by Gasteiger charge is 2.04. The molecule has 3 heteroatoms. The van der Waals surface area contributed by atoms with Crippen molar-refractivity contribution in [2.24, 2.45) is 0 Å². The molecule has 2 aromatic carbocycles. The maximum atomic E-state index is 13.4. The molecule has 0 aliphatic rings. The first-order chi connectivity index (χ1) is 10.1. The largest absolute Gasteiger partial charge is 0.356 e. The molecule has 0 atom stereocenters. The van der Waals surface area contributed by atoms with Crippen LogP contribution in [0.4, 0.5) is 4.39 Å². The summed E-state index contributed by atoms with van der Waals surface area (Å²) in [6.07, 6.45) is 1.71. The van der Waals surface area contributed by atoms with E-state index in [9.17, 15) is 9.18 Å². The fraction of sp³-hybridized carbons (Fsp3) is 0.278. The molecule has 1 N–H and O–H groups in total. The lowest BCUT2D eigenvalue weighted by Gasteiger charge is -2.06. The number of amides is 1. The normalized spacial score (nSPS) is 10.4.